The predicted octanol–water partition coefficient (Wildman–Crippen LogP) is 2.82. The summed E-state index contributed by atoms with van der Waals surface area (Å²) in [6, 6.07) is 11.0. The van der Waals surface area contributed by atoms with Gasteiger partial charge in [-0.1, -0.05) is 12.1 Å². The largest absolute Gasteiger partial charge is 0.467 e. The maximum Gasteiger partial charge on any atom is 0.251 e. The standard InChI is InChI=1S/C19H22N2O4S/c1-13(11-24-2)20-18(23)14-5-7-15(8-6-14)19-21(17(22)12-26-19)10-16-4-3-9-25-16/h3-9,13,19H,10-12H2,1-2H3,(H,20,23)/t13-,19-/m1/s1. The zero-order valence-corrected chi connectivity index (χ0v) is 15.6. The average Bonchev–Trinajstić information content (AvgIpc) is 3.26. The van der Waals surface area contributed by atoms with Crippen molar-refractivity contribution in [2.24, 2.45) is 0 Å². The van der Waals surface area contributed by atoms with Crippen LogP contribution in [0.1, 0.15) is 34.0 Å². The van der Waals surface area contributed by atoms with E-state index in [1.807, 2.05) is 31.2 Å². The van der Waals surface area contributed by atoms with Crippen LogP contribution in [0.25, 0.3) is 0 Å². The van der Waals surface area contributed by atoms with Crippen LogP contribution in [-0.4, -0.2) is 42.2 Å². The van der Waals surface area contributed by atoms with E-state index in [4.69, 9.17) is 9.15 Å². The van der Waals surface area contributed by atoms with E-state index in [1.165, 1.54) is 0 Å². The lowest BCUT2D eigenvalue weighted by Gasteiger charge is -2.23. The molecular weight excluding hydrogens is 352 g/mol. The highest BCUT2D eigenvalue weighted by Gasteiger charge is 2.33. The second kappa shape index (κ2) is 8.42. The van der Waals surface area contributed by atoms with Gasteiger partial charge < -0.3 is 19.4 Å². The fourth-order valence-corrected chi connectivity index (χ4v) is 4.06. The zero-order valence-electron chi connectivity index (χ0n) is 14.8. The third-order valence-electron chi connectivity index (χ3n) is 4.13. The molecule has 1 aromatic carbocycles. The zero-order chi connectivity index (χ0) is 18.5. The van der Waals surface area contributed by atoms with Gasteiger partial charge in [0.05, 0.1) is 25.2 Å². The normalized spacial score (nSPS) is 18.2. The summed E-state index contributed by atoms with van der Waals surface area (Å²) in [6.45, 7) is 2.80. The van der Waals surface area contributed by atoms with Crippen molar-refractivity contribution in [3.05, 3.63) is 59.5 Å². The molecule has 1 aromatic heterocycles. The maximum absolute atomic E-state index is 12.2. The Morgan fingerprint density at radius 3 is 2.81 bits per heavy atom. The van der Waals surface area contributed by atoms with Gasteiger partial charge >= 0.3 is 0 Å². The van der Waals surface area contributed by atoms with E-state index in [0.717, 1.165) is 11.3 Å². The monoisotopic (exact) mass is 374 g/mol. The molecule has 1 N–H and O–H groups in total. The first kappa shape index (κ1) is 18.5. The van der Waals surface area contributed by atoms with Gasteiger partial charge in [-0.05, 0) is 36.8 Å². The van der Waals surface area contributed by atoms with E-state index in [0.29, 0.717) is 24.5 Å². The van der Waals surface area contributed by atoms with Crippen molar-refractivity contribution < 1.29 is 18.7 Å². The number of carbonyl (C=O) groups is 2. The van der Waals surface area contributed by atoms with Crippen LogP contribution in [0.2, 0.25) is 0 Å². The number of benzene rings is 1. The fourth-order valence-electron chi connectivity index (χ4n) is 2.87. The van der Waals surface area contributed by atoms with Gasteiger partial charge in [0.1, 0.15) is 11.1 Å². The number of nitrogens with one attached hydrogen (secondary N) is 1. The van der Waals surface area contributed by atoms with Crippen molar-refractivity contribution in [3.63, 3.8) is 0 Å². The molecule has 0 bridgehead atoms. The minimum absolute atomic E-state index is 0.0565. The maximum atomic E-state index is 12.2. The number of ether oxygens (including phenoxy) is 1. The third kappa shape index (κ3) is 4.28. The Kier molecular flexibility index (Phi) is 6.00. The lowest BCUT2D eigenvalue weighted by molar-refractivity contribution is -0.128. The average molecular weight is 374 g/mol. The van der Waals surface area contributed by atoms with Gasteiger partial charge in [-0.2, -0.15) is 0 Å². The first-order chi connectivity index (χ1) is 12.6. The summed E-state index contributed by atoms with van der Waals surface area (Å²) in [7, 11) is 1.60. The molecule has 1 aliphatic rings. The molecule has 2 heterocycles. The summed E-state index contributed by atoms with van der Waals surface area (Å²) >= 11 is 1.58. The molecule has 6 nitrogen and oxygen atoms in total. The lowest BCUT2D eigenvalue weighted by Crippen LogP contribution is -2.35. The fraction of sp³-hybridized carbons (Fsp3) is 0.368. The van der Waals surface area contributed by atoms with Crippen LogP contribution < -0.4 is 5.32 Å². The van der Waals surface area contributed by atoms with Gasteiger partial charge in [0.25, 0.3) is 5.91 Å². The Hall–Kier alpha value is -2.25. The van der Waals surface area contributed by atoms with E-state index < -0.39 is 0 Å². The highest BCUT2D eigenvalue weighted by Crippen LogP contribution is 2.39. The van der Waals surface area contributed by atoms with Crippen LogP contribution in [0.3, 0.4) is 0 Å². The second-order valence-electron chi connectivity index (χ2n) is 6.22. The molecule has 3 rings (SSSR count). The minimum Gasteiger partial charge on any atom is -0.467 e. The van der Waals surface area contributed by atoms with Crippen molar-refractivity contribution in [2.75, 3.05) is 19.5 Å². The van der Waals surface area contributed by atoms with Crippen LogP contribution in [-0.2, 0) is 16.1 Å². The molecule has 0 saturated carbocycles. The smallest absolute Gasteiger partial charge is 0.251 e. The first-order valence-electron chi connectivity index (χ1n) is 8.41. The Bertz CT molecular complexity index is 745. The molecule has 26 heavy (non-hydrogen) atoms. The van der Waals surface area contributed by atoms with E-state index in [2.05, 4.69) is 5.32 Å². The van der Waals surface area contributed by atoms with Gasteiger partial charge in [-0.25, -0.2) is 0 Å². The highest BCUT2D eigenvalue weighted by atomic mass is 32.2. The second-order valence-corrected chi connectivity index (χ2v) is 7.28. The van der Waals surface area contributed by atoms with Crippen LogP contribution in [0, 0.1) is 0 Å². The summed E-state index contributed by atoms with van der Waals surface area (Å²) in [5.74, 6) is 1.16. The van der Waals surface area contributed by atoms with Gasteiger partial charge in [0.15, 0.2) is 0 Å². The number of amides is 2. The molecule has 0 aliphatic carbocycles. The van der Waals surface area contributed by atoms with Crippen molar-refractivity contribution in [2.45, 2.75) is 24.9 Å². The number of thioether (sulfide) groups is 1. The molecule has 2 amide bonds. The summed E-state index contributed by atoms with van der Waals surface area (Å²) < 4.78 is 10.4. The molecule has 1 saturated heterocycles. The van der Waals surface area contributed by atoms with Crippen LogP contribution in [0.4, 0.5) is 0 Å². The number of carbonyl (C=O) groups excluding carboxylic acids is 2. The summed E-state index contributed by atoms with van der Waals surface area (Å²) in [4.78, 5) is 26.3. The Morgan fingerprint density at radius 2 is 2.15 bits per heavy atom. The Morgan fingerprint density at radius 1 is 1.38 bits per heavy atom. The van der Waals surface area contributed by atoms with E-state index in [9.17, 15) is 9.59 Å². The van der Waals surface area contributed by atoms with Crippen molar-refractivity contribution >= 4 is 23.6 Å². The molecule has 0 radical (unpaired) electrons. The van der Waals surface area contributed by atoms with Crippen LogP contribution in [0.5, 0.6) is 0 Å². The van der Waals surface area contributed by atoms with Crippen LogP contribution >= 0.6 is 11.8 Å². The topological polar surface area (TPSA) is 71.8 Å². The molecule has 1 fully saturated rings. The summed E-state index contributed by atoms with van der Waals surface area (Å²) in [5.41, 5.74) is 1.58. The number of rotatable bonds is 7. The molecule has 1 aliphatic heterocycles. The SMILES string of the molecule is COC[C@@H](C)NC(=O)c1ccc([C@H]2SCC(=O)N2Cc2ccco2)cc1. The summed E-state index contributed by atoms with van der Waals surface area (Å²) in [6.07, 6.45) is 1.61. The van der Waals surface area contributed by atoms with E-state index in [-0.39, 0.29) is 23.2 Å². The van der Waals surface area contributed by atoms with Crippen molar-refractivity contribution in [1.29, 1.82) is 0 Å². The lowest BCUT2D eigenvalue weighted by atomic mass is 10.1. The minimum atomic E-state index is -0.135. The molecule has 7 heteroatoms. The molecule has 2 atom stereocenters. The molecule has 0 unspecified atom stereocenters. The van der Waals surface area contributed by atoms with Gasteiger partial charge in [-0.3, -0.25) is 9.59 Å². The quantitative estimate of drug-likeness (QED) is 0.807. The third-order valence-corrected chi connectivity index (χ3v) is 5.38. The van der Waals surface area contributed by atoms with Gasteiger partial charge in [0.2, 0.25) is 5.91 Å². The highest BCUT2D eigenvalue weighted by molar-refractivity contribution is 8.00. The van der Waals surface area contributed by atoms with Gasteiger partial charge in [-0.15, -0.1) is 11.8 Å². The molecule has 0 spiro atoms. The number of hydrogen-bond donors (Lipinski definition) is 1. The van der Waals surface area contributed by atoms with Crippen molar-refractivity contribution in [1.82, 2.24) is 10.2 Å². The van der Waals surface area contributed by atoms with Crippen LogP contribution in [0.15, 0.2) is 47.1 Å². The number of hydrogen-bond acceptors (Lipinski definition) is 5. The first-order valence-corrected chi connectivity index (χ1v) is 9.46. The number of methoxy groups -OCH3 is 1. The molecule has 138 valence electrons. The predicted molar refractivity (Wildman–Crippen MR) is 99.7 cm³/mol. The van der Waals surface area contributed by atoms with Gasteiger partial charge in [0, 0.05) is 18.7 Å². The van der Waals surface area contributed by atoms with Crippen molar-refractivity contribution in [3.8, 4) is 0 Å². The van der Waals surface area contributed by atoms with E-state index >= 15 is 0 Å². The Labute approximate surface area is 156 Å². The Balaban J connectivity index is 1.69. The molecule has 2 aromatic rings. The molecular formula is C19H22N2O4S. The summed E-state index contributed by atoms with van der Waals surface area (Å²) in [5, 5.41) is 2.81. The number of furan rings is 1. The van der Waals surface area contributed by atoms with E-state index in [1.54, 1.807) is 42.2 Å². The number of nitrogens with zero attached hydrogens (tertiary/aromatic N) is 1.